The van der Waals surface area contributed by atoms with Crippen LogP contribution < -0.4 is 15.3 Å². The van der Waals surface area contributed by atoms with Crippen molar-refractivity contribution in [2.75, 3.05) is 11.5 Å². The zero-order valence-electron chi connectivity index (χ0n) is 14.9. The number of nitrogens with zero attached hydrogens (tertiary/aromatic N) is 1. The largest absolute Gasteiger partial charge is 0.494 e. The Hall–Kier alpha value is -2.90. The normalized spacial score (nSPS) is 15.6. The molecule has 5 nitrogen and oxygen atoms in total. The highest BCUT2D eigenvalue weighted by atomic mass is 32.2. The second-order valence-electron chi connectivity index (χ2n) is 5.97. The number of hydrogen-bond acceptors (Lipinski definition) is 6. The summed E-state index contributed by atoms with van der Waals surface area (Å²) >= 11 is 6.54. The lowest BCUT2D eigenvalue weighted by atomic mass is 10.1. The molecule has 0 saturated carbocycles. The number of hydrogen-bond donors (Lipinski definition) is 0. The third kappa shape index (κ3) is 3.46. The lowest BCUT2D eigenvalue weighted by molar-refractivity contribution is -0.113. The average molecular weight is 409 g/mol. The standard InChI is InChI=1S/C21H15NO4S2/c1-2-25-16-9-7-15(8-10-16)22-19(23)18(28-21(22)27)12-14-11-13-5-3-4-6-17(13)26-20(14)24/h3-12H,2H2,1H3/b18-12+. The van der Waals surface area contributed by atoms with Gasteiger partial charge in [-0.15, -0.1) is 0 Å². The van der Waals surface area contributed by atoms with E-state index in [2.05, 4.69) is 0 Å². The molecule has 0 atom stereocenters. The van der Waals surface area contributed by atoms with Gasteiger partial charge in [0.25, 0.3) is 5.91 Å². The number of anilines is 1. The monoisotopic (exact) mass is 409 g/mol. The summed E-state index contributed by atoms with van der Waals surface area (Å²) in [4.78, 5) is 27.0. The second kappa shape index (κ2) is 7.61. The van der Waals surface area contributed by atoms with Crippen molar-refractivity contribution >= 4 is 56.9 Å². The number of thioether (sulfide) groups is 1. The summed E-state index contributed by atoms with van der Waals surface area (Å²) in [5.74, 6) is 0.452. The fraction of sp³-hybridized carbons (Fsp3) is 0.0952. The van der Waals surface area contributed by atoms with Crippen molar-refractivity contribution in [3.63, 3.8) is 0 Å². The third-order valence-corrected chi connectivity index (χ3v) is 5.46. The molecule has 0 N–H and O–H groups in total. The summed E-state index contributed by atoms with van der Waals surface area (Å²) in [7, 11) is 0. The Morgan fingerprint density at radius 2 is 1.89 bits per heavy atom. The molecule has 7 heteroatoms. The molecule has 2 aromatic carbocycles. The van der Waals surface area contributed by atoms with Crippen LogP contribution in [0.3, 0.4) is 0 Å². The minimum atomic E-state index is -0.495. The smallest absolute Gasteiger partial charge is 0.343 e. The number of ether oxygens (including phenoxy) is 1. The van der Waals surface area contributed by atoms with E-state index in [0.29, 0.717) is 32.7 Å². The summed E-state index contributed by atoms with van der Waals surface area (Å²) in [6.07, 6.45) is 1.53. The molecule has 0 unspecified atom stereocenters. The summed E-state index contributed by atoms with van der Waals surface area (Å²) in [5, 5.41) is 0.787. The van der Waals surface area contributed by atoms with E-state index in [9.17, 15) is 9.59 Å². The minimum absolute atomic E-state index is 0.272. The van der Waals surface area contributed by atoms with Crippen LogP contribution in [0.5, 0.6) is 5.75 Å². The van der Waals surface area contributed by atoms with Gasteiger partial charge in [-0.1, -0.05) is 42.2 Å². The van der Waals surface area contributed by atoms with Crippen LogP contribution in [-0.2, 0) is 4.79 Å². The molecule has 0 spiro atoms. The zero-order chi connectivity index (χ0) is 19.7. The van der Waals surface area contributed by atoms with Crippen LogP contribution in [0.25, 0.3) is 17.0 Å². The predicted molar refractivity (Wildman–Crippen MR) is 116 cm³/mol. The molecule has 1 aliphatic rings. The van der Waals surface area contributed by atoms with Crippen LogP contribution in [-0.4, -0.2) is 16.8 Å². The first-order valence-corrected chi connectivity index (χ1v) is 9.83. The van der Waals surface area contributed by atoms with Crippen molar-refractivity contribution in [3.8, 4) is 5.75 Å². The summed E-state index contributed by atoms with van der Waals surface area (Å²) in [6, 6.07) is 16.1. The van der Waals surface area contributed by atoms with E-state index in [-0.39, 0.29) is 5.91 Å². The number of thiocarbonyl (C=S) groups is 1. The molecule has 1 saturated heterocycles. The molecule has 1 aliphatic heterocycles. The van der Waals surface area contributed by atoms with Gasteiger partial charge in [-0.05, 0) is 49.4 Å². The highest BCUT2D eigenvalue weighted by Crippen LogP contribution is 2.36. The average Bonchev–Trinajstić information content (AvgIpc) is 2.97. The maximum atomic E-state index is 12.9. The first-order valence-electron chi connectivity index (χ1n) is 8.60. The summed E-state index contributed by atoms with van der Waals surface area (Å²) < 4.78 is 11.2. The van der Waals surface area contributed by atoms with Crippen molar-refractivity contribution < 1.29 is 13.9 Å². The zero-order valence-corrected chi connectivity index (χ0v) is 16.5. The highest BCUT2D eigenvalue weighted by Gasteiger charge is 2.33. The summed E-state index contributed by atoms with van der Waals surface area (Å²) in [6.45, 7) is 2.47. The first kappa shape index (κ1) is 18.5. The molecule has 0 bridgehead atoms. The van der Waals surface area contributed by atoms with Crippen molar-refractivity contribution in [1.29, 1.82) is 0 Å². The summed E-state index contributed by atoms with van der Waals surface area (Å²) in [5.41, 5.74) is 0.974. The number of carbonyl (C=O) groups is 1. The van der Waals surface area contributed by atoms with E-state index in [1.165, 1.54) is 11.0 Å². The molecule has 0 radical (unpaired) electrons. The van der Waals surface area contributed by atoms with Gasteiger partial charge in [0.2, 0.25) is 0 Å². The Balaban J connectivity index is 1.67. The highest BCUT2D eigenvalue weighted by molar-refractivity contribution is 8.27. The van der Waals surface area contributed by atoms with Gasteiger partial charge in [0, 0.05) is 5.39 Å². The topological polar surface area (TPSA) is 59.8 Å². The molecule has 3 aromatic rings. The Morgan fingerprint density at radius 3 is 2.64 bits per heavy atom. The molecule has 1 fully saturated rings. The van der Waals surface area contributed by atoms with E-state index in [1.807, 2.05) is 19.1 Å². The predicted octanol–water partition coefficient (Wildman–Crippen LogP) is 4.60. The number of rotatable bonds is 4. The number of para-hydroxylation sites is 1. The molecular formula is C21H15NO4S2. The Bertz CT molecular complexity index is 1160. The SMILES string of the molecule is CCOc1ccc(N2C(=O)/C(=C\c3cc4ccccc4oc3=O)SC2=S)cc1. The van der Waals surface area contributed by atoms with Gasteiger partial charge < -0.3 is 9.15 Å². The van der Waals surface area contributed by atoms with E-state index in [1.54, 1.807) is 42.5 Å². The van der Waals surface area contributed by atoms with E-state index >= 15 is 0 Å². The lowest BCUT2D eigenvalue weighted by Gasteiger charge is -2.15. The van der Waals surface area contributed by atoms with Crippen molar-refractivity contribution in [2.45, 2.75) is 6.92 Å². The number of fused-ring (bicyclic) bond motifs is 1. The Morgan fingerprint density at radius 1 is 1.14 bits per heavy atom. The maximum Gasteiger partial charge on any atom is 0.343 e. The van der Waals surface area contributed by atoms with E-state index < -0.39 is 5.63 Å². The minimum Gasteiger partial charge on any atom is -0.494 e. The fourth-order valence-corrected chi connectivity index (χ4v) is 4.16. The van der Waals surface area contributed by atoms with Gasteiger partial charge in [-0.25, -0.2) is 4.79 Å². The van der Waals surface area contributed by atoms with Gasteiger partial charge in [-0.2, -0.15) is 0 Å². The molecule has 1 amide bonds. The Labute approximate surface area is 170 Å². The van der Waals surface area contributed by atoms with Crippen LogP contribution >= 0.6 is 24.0 Å². The first-order chi connectivity index (χ1) is 13.6. The lowest BCUT2D eigenvalue weighted by Crippen LogP contribution is -2.27. The van der Waals surface area contributed by atoms with Crippen LogP contribution in [0.15, 0.2) is 68.7 Å². The number of benzene rings is 2. The number of amides is 1. The fourth-order valence-electron chi connectivity index (χ4n) is 2.87. The van der Waals surface area contributed by atoms with Crippen molar-refractivity contribution in [1.82, 2.24) is 0 Å². The van der Waals surface area contributed by atoms with Crippen molar-refractivity contribution in [3.05, 3.63) is 75.5 Å². The molecule has 4 rings (SSSR count). The second-order valence-corrected chi connectivity index (χ2v) is 7.65. The van der Waals surface area contributed by atoms with E-state index in [4.69, 9.17) is 21.4 Å². The van der Waals surface area contributed by atoms with Gasteiger partial charge in [0.15, 0.2) is 4.32 Å². The van der Waals surface area contributed by atoms with Gasteiger partial charge >= 0.3 is 5.63 Å². The van der Waals surface area contributed by atoms with Crippen LogP contribution in [0, 0.1) is 0 Å². The van der Waals surface area contributed by atoms with Gasteiger partial charge in [0.1, 0.15) is 11.3 Å². The molecular weight excluding hydrogens is 394 g/mol. The number of carbonyl (C=O) groups excluding carboxylic acids is 1. The van der Waals surface area contributed by atoms with Gasteiger partial charge in [-0.3, -0.25) is 9.69 Å². The Kier molecular flexibility index (Phi) is 5.02. The van der Waals surface area contributed by atoms with Crippen LogP contribution in [0.1, 0.15) is 12.5 Å². The quantitative estimate of drug-likeness (QED) is 0.357. The van der Waals surface area contributed by atoms with Crippen LogP contribution in [0.4, 0.5) is 5.69 Å². The van der Waals surface area contributed by atoms with E-state index in [0.717, 1.165) is 22.9 Å². The third-order valence-electron chi connectivity index (χ3n) is 4.15. The van der Waals surface area contributed by atoms with Crippen LogP contribution in [0.2, 0.25) is 0 Å². The van der Waals surface area contributed by atoms with Gasteiger partial charge in [0.05, 0.1) is 22.8 Å². The molecule has 140 valence electrons. The van der Waals surface area contributed by atoms with Crippen molar-refractivity contribution in [2.24, 2.45) is 0 Å². The molecule has 1 aromatic heterocycles. The molecule has 0 aliphatic carbocycles. The molecule has 2 heterocycles. The maximum absolute atomic E-state index is 12.9. The molecule has 28 heavy (non-hydrogen) atoms.